The molecule has 106 valence electrons. The summed E-state index contributed by atoms with van der Waals surface area (Å²) in [6.07, 6.45) is 0.745. The molecule has 0 saturated heterocycles. The summed E-state index contributed by atoms with van der Waals surface area (Å²) in [6, 6.07) is 13.6. The van der Waals surface area contributed by atoms with Gasteiger partial charge in [0.1, 0.15) is 6.29 Å². The van der Waals surface area contributed by atoms with Crippen LogP contribution in [-0.2, 0) is 0 Å². The summed E-state index contributed by atoms with van der Waals surface area (Å²) in [5.74, 6) is 5.02. The molecule has 0 aliphatic carbocycles. The Morgan fingerprint density at radius 2 is 1.64 bits per heavy atom. The van der Waals surface area contributed by atoms with E-state index in [1.165, 1.54) is 0 Å². The lowest BCUT2D eigenvalue weighted by molar-refractivity contribution is 0.0674. The molecule has 0 N–H and O–H groups in total. The van der Waals surface area contributed by atoms with E-state index in [0.717, 1.165) is 11.2 Å². The minimum Gasteiger partial charge on any atom is -0.298 e. The fourth-order valence-corrected chi connectivity index (χ4v) is 2.29. The Hall–Kier alpha value is -3.19. The Labute approximate surface area is 127 Å². The predicted molar refractivity (Wildman–Crippen MR) is 80.5 cm³/mol. The van der Waals surface area contributed by atoms with Crippen molar-refractivity contribution < 1.29 is 14.4 Å². The van der Waals surface area contributed by atoms with Gasteiger partial charge < -0.3 is 0 Å². The molecule has 2 aromatic rings. The normalized spacial score (nSPS) is 12.6. The molecule has 2 aromatic carbocycles. The second-order valence-electron chi connectivity index (χ2n) is 4.79. The Morgan fingerprint density at radius 3 is 2.27 bits per heavy atom. The number of aldehydes is 1. The molecule has 22 heavy (non-hydrogen) atoms. The molecule has 1 heterocycles. The molecular formula is C18H11NO3. The highest BCUT2D eigenvalue weighted by Gasteiger charge is 2.34. The number of benzene rings is 2. The fourth-order valence-electron chi connectivity index (χ4n) is 2.29. The summed E-state index contributed by atoms with van der Waals surface area (Å²) >= 11 is 0. The predicted octanol–water partition coefficient (Wildman–Crippen LogP) is 2.15. The number of carbonyl (C=O) groups is 3. The van der Waals surface area contributed by atoms with Crippen molar-refractivity contribution >= 4 is 18.1 Å². The van der Waals surface area contributed by atoms with E-state index >= 15 is 0 Å². The summed E-state index contributed by atoms with van der Waals surface area (Å²) < 4.78 is 0. The van der Waals surface area contributed by atoms with Gasteiger partial charge in [0.25, 0.3) is 11.8 Å². The van der Waals surface area contributed by atoms with Gasteiger partial charge in [0.05, 0.1) is 17.7 Å². The first kappa shape index (κ1) is 13.8. The second-order valence-corrected chi connectivity index (χ2v) is 4.79. The Kier molecular flexibility index (Phi) is 3.55. The van der Waals surface area contributed by atoms with E-state index in [2.05, 4.69) is 11.8 Å². The number of carbonyl (C=O) groups excluding carboxylic acids is 3. The Morgan fingerprint density at radius 1 is 0.955 bits per heavy atom. The van der Waals surface area contributed by atoms with Crippen LogP contribution in [0.3, 0.4) is 0 Å². The van der Waals surface area contributed by atoms with E-state index in [1.54, 1.807) is 48.5 Å². The van der Waals surface area contributed by atoms with Crippen LogP contribution in [0.15, 0.2) is 48.5 Å². The van der Waals surface area contributed by atoms with Gasteiger partial charge in [-0.3, -0.25) is 19.3 Å². The van der Waals surface area contributed by atoms with Crippen molar-refractivity contribution in [3.8, 4) is 11.8 Å². The average molecular weight is 289 g/mol. The minimum atomic E-state index is -0.323. The van der Waals surface area contributed by atoms with E-state index in [4.69, 9.17) is 0 Å². The fraction of sp³-hybridized carbons (Fsp3) is 0.0556. The lowest BCUT2D eigenvalue weighted by Crippen LogP contribution is -2.29. The molecule has 4 heteroatoms. The highest BCUT2D eigenvalue weighted by atomic mass is 16.2. The van der Waals surface area contributed by atoms with Crippen molar-refractivity contribution in [2.45, 2.75) is 0 Å². The maximum atomic E-state index is 12.1. The molecule has 1 aliphatic heterocycles. The molecule has 0 saturated carbocycles. The van der Waals surface area contributed by atoms with E-state index < -0.39 is 0 Å². The molecule has 0 fully saturated rings. The first-order valence-electron chi connectivity index (χ1n) is 6.70. The van der Waals surface area contributed by atoms with Crippen molar-refractivity contribution in [3.05, 3.63) is 70.8 Å². The smallest absolute Gasteiger partial charge is 0.262 e. The van der Waals surface area contributed by atoms with E-state index in [0.29, 0.717) is 22.3 Å². The number of hydrogen-bond acceptors (Lipinski definition) is 3. The molecule has 0 atom stereocenters. The highest BCUT2D eigenvalue weighted by molar-refractivity contribution is 6.21. The summed E-state index contributed by atoms with van der Waals surface area (Å²) in [5, 5.41) is 0. The third-order valence-corrected chi connectivity index (χ3v) is 3.37. The maximum absolute atomic E-state index is 12.1. The van der Waals surface area contributed by atoms with Gasteiger partial charge in [-0.25, -0.2) is 0 Å². The van der Waals surface area contributed by atoms with Crippen molar-refractivity contribution in [2.24, 2.45) is 0 Å². The SMILES string of the molecule is O=Cc1cccc(C#CCN2C(=O)c3ccccc3C2=O)c1. The van der Waals surface area contributed by atoms with Gasteiger partial charge in [0.15, 0.2) is 0 Å². The van der Waals surface area contributed by atoms with Crippen molar-refractivity contribution in [1.82, 2.24) is 4.90 Å². The Bertz CT molecular complexity index is 808. The van der Waals surface area contributed by atoms with Crippen LogP contribution in [0.1, 0.15) is 36.6 Å². The van der Waals surface area contributed by atoms with E-state index in [1.807, 2.05) is 0 Å². The van der Waals surface area contributed by atoms with Crippen LogP contribution in [0.25, 0.3) is 0 Å². The molecule has 4 nitrogen and oxygen atoms in total. The molecule has 3 rings (SSSR count). The highest BCUT2D eigenvalue weighted by Crippen LogP contribution is 2.21. The van der Waals surface area contributed by atoms with Gasteiger partial charge in [-0.2, -0.15) is 0 Å². The molecule has 0 unspecified atom stereocenters. The summed E-state index contributed by atoms with van der Waals surface area (Å²) in [4.78, 5) is 36.1. The topological polar surface area (TPSA) is 54.5 Å². The van der Waals surface area contributed by atoms with Crippen LogP contribution in [-0.4, -0.2) is 29.5 Å². The number of rotatable bonds is 2. The van der Waals surface area contributed by atoms with E-state index in [9.17, 15) is 14.4 Å². The third-order valence-electron chi connectivity index (χ3n) is 3.37. The first-order chi connectivity index (χ1) is 10.7. The van der Waals surface area contributed by atoms with Crippen LogP contribution < -0.4 is 0 Å². The standard InChI is InChI=1S/C18H11NO3/c20-12-14-6-3-5-13(11-14)7-4-10-19-17(21)15-8-1-2-9-16(15)18(19)22/h1-3,5-6,8-9,11-12H,10H2. The van der Waals surface area contributed by atoms with Gasteiger partial charge in [0.2, 0.25) is 0 Å². The number of hydrogen-bond donors (Lipinski definition) is 0. The lowest BCUT2D eigenvalue weighted by Gasteiger charge is -2.08. The second kappa shape index (κ2) is 5.66. The molecule has 2 amide bonds. The number of imide groups is 1. The molecule has 0 aromatic heterocycles. The molecule has 0 radical (unpaired) electrons. The molecule has 1 aliphatic rings. The minimum absolute atomic E-state index is 0.0255. The number of fused-ring (bicyclic) bond motifs is 1. The average Bonchev–Trinajstić information content (AvgIpc) is 2.80. The zero-order valence-corrected chi connectivity index (χ0v) is 11.6. The van der Waals surface area contributed by atoms with Gasteiger partial charge in [0, 0.05) is 11.1 Å². The third kappa shape index (κ3) is 2.40. The van der Waals surface area contributed by atoms with Gasteiger partial charge in [-0.1, -0.05) is 36.1 Å². The van der Waals surface area contributed by atoms with Crippen LogP contribution in [0, 0.1) is 11.8 Å². The Balaban J connectivity index is 1.79. The number of nitrogens with zero attached hydrogens (tertiary/aromatic N) is 1. The summed E-state index contributed by atoms with van der Waals surface area (Å²) in [7, 11) is 0. The molecule has 0 spiro atoms. The quantitative estimate of drug-likeness (QED) is 0.483. The van der Waals surface area contributed by atoms with Crippen LogP contribution in [0.4, 0.5) is 0 Å². The van der Waals surface area contributed by atoms with Gasteiger partial charge in [-0.05, 0) is 24.3 Å². The lowest BCUT2D eigenvalue weighted by atomic mass is 10.1. The molecule has 0 bridgehead atoms. The molecular weight excluding hydrogens is 278 g/mol. The van der Waals surface area contributed by atoms with Gasteiger partial charge >= 0.3 is 0 Å². The monoisotopic (exact) mass is 289 g/mol. The van der Waals surface area contributed by atoms with Crippen molar-refractivity contribution in [2.75, 3.05) is 6.54 Å². The maximum Gasteiger partial charge on any atom is 0.262 e. The van der Waals surface area contributed by atoms with Gasteiger partial charge in [-0.15, -0.1) is 0 Å². The zero-order valence-electron chi connectivity index (χ0n) is 11.6. The summed E-state index contributed by atoms with van der Waals surface area (Å²) in [6.45, 7) is 0.0255. The van der Waals surface area contributed by atoms with Crippen LogP contribution in [0.5, 0.6) is 0 Å². The van der Waals surface area contributed by atoms with Crippen LogP contribution in [0.2, 0.25) is 0 Å². The van der Waals surface area contributed by atoms with E-state index in [-0.39, 0.29) is 18.4 Å². The first-order valence-corrected chi connectivity index (χ1v) is 6.70. The zero-order chi connectivity index (χ0) is 15.5. The number of amides is 2. The summed E-state index contributed by atoms with van der Waals surface area (Å²) in [5.41, 5.74) is 2.03. The van der Waals surface area contributed by atoms with Crippen LogP contribution >= 0.6 is 0 Å². The van der Waals surface area contributed by atoms with Crippen molar-refractivity contribution in [1.29, 1.82) is 0 Å². The largest absolute Gasteiger partial charge is 0.298 e. The van der Waals surface area contributed by atoms with Crippen molar-refractivity contribution in [3.63, 3.8) is 0 Å².